The molecule has 0 spiro atoms. The molecular weight excluding hydrogens is 394 g/mol. The number of ketones is 1. The molecule has 1 amide bonds. The summed E-state index contributed by atoms with van der Waals surface area (Å²) in [6.07, 6.45) is 3.19. The highest BCUT2D eigenvalue weighted by Crippen LogP contribution is 2.40. The molecule has 1 aliphatic heterocycles. The molecule has 1 atom stereocenters. The minimum atomic E-state index is -0.758. The zero-order valence-corrected chi connectivity index (χ0v) is 17.2. The Kier molecular flexibility index (Phi) is 6.20. The average molecular weight is 416 g/mol. The molecule has 1 fully saturated rings. The van der Waals surface area contributed by atoms with Crippen LogP contribution in [0.15, 0.2) is 48.3 Å². The van der Waals surface area contributed by atoms with E-state index in [2.05, 4.69) is 4.98 Å². The molecule has 152 valence electrons. The van der Waals surface area contributed by atoms with Crippen molar-refractivity contribution in [3.63, 3.8) is 0 Å². The molecule has 3 rings (SSSR count). The van der Waals surface area contributed by atoms with Crippen molar-refractivity contribution < 1.29 is 19.4 Å². The maximum atomic E-state index is 12.9. The zero-order chi connectivity index (χ0) is 21.1. The van der Waals surface area contributed by atoms with Gasteiger partial charge < -0.3 is 19.6 Å². The van der Waals surface area contributed by atoms with Gasteiger partial charge >= 0.3 is 0 Å². The van der Waals surface area contributed by atoms with Crippen molar-refractivity contribution in [3.8, 4) is 5.75 Å². The Morgan fingerprint density at radius 2 is 2.07 bits per heavy atom. The quantitative estimate of drug-likeness (QED) is 0.443. The number of methoxy groups -OCH3 is 1. The lowest BCUT2D eigenvalue weighted by Gasteiger charge is -2.26. The molecule has 1 unspecified atom stereocenters. The van der Waals surface area contributed by atoms with Gasteiger partial charge in [-0.1, -0.05) is 17.7 Å². The van der Waals surface area contributed by atoms with E-state index in [1.54, 1.807) is 36.7 Å². The minimum Gasteiger partial charge on any atom is -0.507 e. The second kappa shape index (κ2) is 8.63. The molecule has 1 saturated heterocycles. The third-order valence-electron chi connectivity index (χ3n) is 4.76. The molecule has 0 bridgehead atoms. The number of benzene rings is 1. The van der Waals surface area contributed by atoms with Gasteiger partial charge in [-0.05, 0) is 43.9 Å². The normalized spacial score (nSPS) is 18.5. The van der Waals surface area contributed by atoms with Crippen molar-refractivity contribution in [3.05, 3.63) is 64.4 Å². The highest BCUT2D eigenvalue weighted by molar-refractivity contribution is 6.47. The van der Waals surface area contributed by atoms with Gasteiger partial charge in [-0.15, -0.1) is 0 Å². The fourth-order valence-corrected chi connectivity index (χ4v) is 3.47. The molecule has 29 heavy (non-hydrogen) atoms. The first-order chi connectivity index (χ1) is 13.8. The number of hydrogen-bond donors (Lipinski definition) is 1. The minimum absolute atomic E-state index is 0.0168. The van der Waals surface area contributed by atoms with Gasteiger partial charge in [0.2, 0.25) is 0 Å². The lowest BCUT2D eigenvalue weighted by molar-refractivity contribution is -0.140. The largest absolute Gasteiger partial charge is 0.507 e. The summed E-state index contributed by atoms with van der Waals surface area (Å²) in [6.45, 7) is 0.878. The standard InChI is InChI=1S/C21H22ClN3O4/c1-24(2)9-10-25-18(13-5-4-8-23-12-13)17(20(27)21(25)28)19(26)15-11-14(29-3)6-7-16(15)22/h4-8,11-12,18,26H,9-10H2,1-3H3/b19-17+. The number of halogens is 1. The predicted molar refractivity (Wildman–Crippen MR) is 110 cm³/mol. The smallest absolute Gasteiger partial charge is 0.295 e. The second-order valence-electron chi connectivity index (χ2n) is 6.93. The summed E-state index contributed by atoms with van der Waals surface area (Å²) in [7, 11) is 5.25. The summed E-state index contributed by atoms with van der Waals surface area (Å²) in [6, 6.07) is 7.48. The maximum Gasteiger partial charge on any atom is 0.295 e. The third kappa shape index (κ3) is 4.11. The molecule has 1 aliphatic rings. The van der Waals surface area contributed by atoms with Gasteiger partial charge in [-0.2, -0.15) is 0 Å². The number of carbonyl (C=O) groups excluding carboxylic acids is 2. The molecule has 0 radical (unpaired) electrons. The first-order valence-electron chi connectivity index (χ1n) is 9.02. The van der Waals surface area contributed by atoms with E-state index in [1.165, 1.54) is 18.1 Å². The van der Waals surface area contributed by atoms with E-state index in [4.69, 9.17) is 16.3 Å². The fourth-order valence-electron chi connectivity index (χ4n) is 3.26. The van der Waals surface area contributed by atoms with Crippen molar-refractivity contribution in [1.82, 2.24) is 14.8 Å². The van der Waals surface area contributed by atoms with Crippen molar-refractivity contribution in [2.75, 3.05) is 34.3 Å². The summed E-state index contributed by atoms with van der Waals surface area (Å²) < 4.78 is 5.20. The van der Waals surface area contributed by atoms with Gasteiger partial charge in [0.15, 0.2) is 0 Å². The maximum absolute atomic E-state index is 12.9. The Bertz CT molecular complexity index is 960. The van der Waals surface area contributed by atoms with Crippen LogP contribution in [0.5, 0.6) is 5.75 Å². The molecule has 8 heteroatoms. The van der Waals surface area contributed by atoms with Gasteiger partial charge in [0.05, 0.1) is 23.7 Å². The number of carbonyl (C=O) groups is 2. The Labute approximate surface area is 174 Å². The number of nitrogens with zero attached hydrogens (tertiary/aromatic N) is 3. The number of aliphatic hydroxyl groups is 1. The van der Waals surface area contributed by atoms with Crippen LogP contribution in [0.4, 0.5) is 0 Å². The topological polar surface area (TPSA) is 83.0 Å². The summed E-state index contributed by atoms with van der Waals surface area (Å²) >= 11 is 6.26. The highest BCUT2D eigenvalue weighted by Gasteiger charge is 2.46. The lowest BCUT2D eigenvalue weighted by Crippen LogP contribution is -2.35. The SMILES string of the molecule is COc1ccc(Cl)c(/C(O)=C2\C(=O)C(=O)N(CCN(C)C)C2c2cccnc2)c1. The second-order valence-corrected chi connectivity index (χ2v) is 7.34. The number of amides is 1. The molecular formula is C21H22ClN3O4. The molecule has 7 nitrogen and oxygen atoms in total. The number of hydrogen-bond acceptors (Lipinski definition) is 6. The summed E-state index contributed by atoms with van der Waals surface area (Å²) in [5.41, 5.74) is 0.841. The molecule has 1 aromatic heterocycles. The average Bonchev–Trinajstić information content (AvgIpc) is 2.97. The van der Waals surface area contributed by atoms with Crippen LogP contribution in [0, 0.1) is 0 Å². The number of rotatable bonds is 6. The molecule has 1 N–H and O–H groups in total. The highest BCUT2D eigenvalue weighted by atomic mass is 35.5. The van der Waals surface area contributed by atoms with E-state index in [1.807, 2.05) is 19.0 Å². The molecule has 2 aromatic rings. The number of aliphatic hydroxyl groups excluding tert-OH is 1. The number of Topliss-reactive ketones (excluding diaryl/α,β-unsaturated/α-hetero) is 1. The number of likely N-dealkylation sites (tertiary alicyclic amines) is 1. The molecule has 0 aliphatic carbocycles. The van der Waals surface area contributed by atoms with Gasteiger partial charge in [0, 0.05) is 31.0 Å². The Balaban J connectivity index is 2.18. The monoisotopic (exact) mass is 415 g/mol. The van der Waals surface area contributed by atoms with Crippen LogP contribution in [0.3, 0.4) is 0 Å². The first kappa shape index (κ1) is 20.8. The summed E-state index contributed by atoms with van der Waals surface area (Å²) in [4.78, 5) is 33.2. The van der Waals surface area contributed by atoms with Crippen molar-refractivity contribution >= 4 is 29.1 Å². The van der Waals surface area contributed by atoms with E-state index >= 15 is 0 Å². The van der Waals surface area contributed by atoms with Crippen LogP contribution in [-0.4, -0.2) is 65.9 Å². The van der Waals surface area contributed by atoms with Crippen LogP contribution in [-0.2, 0) is 9.59 Å². The predicted octanol–water partition coefficient (Wildman–Crippen LogP) is 2.73. The van der Waals surface area contributed by atoms with Gasteiger partial charge in [-0.3, -0.25) is 14.6 Å². The van der Waals surface area contributed by atoms with Crippen molar-refractivity contribution in [2.24, 2.45) is 0 Å². The van der Waals surface area contributed by atoms with E-state index < -0.39 is 17.7 Å². The first-order valence-corrected chi connectivity index (χ1v) is 9.40. The Hall–Kier alpha value is -2.90. The van der Waals surface area contributed by atoms with Gasteiger partial charge in [-0.25, -0.2) is 0 Å². The third-order valence-corrected chi connectivity index (χ3v) is 5.09. The summed E-state index contributed by atoms with van der Waals surface area (Å²) in [5, 5.41) is 11.3. The molecule has 0 saturated carbocycles. The van der Waals surface area contributed by atoms with Gasteiger partial charge in [0.1, 0.15) is 11.5 Å². The zero-order valence-electron chi connectivity index (χ0n) is 16.4. The summed E-state index contributed by atoms with van der Waals surface area (Å²) in [5.74, 6) is -1.29. The number of ether oxygens (including phenoxy) is 1. The van der Waals surface area contributed by atoms with Gasteiger partial charge in [0.25, 0.3) is 11.7 Å². The van der Waals surface area contributed by atoms with Crippen molar-refractivity contribution in [1.29, 1.82) is 0 Å². The van der Waals surface area contributed by atoms with E-state index in [-0.39, 0.29) is 21.9 Å². The Morgan fingerprint density at radius 1 is 1.31 bits per heavy atom. The van der Waals surface area contributed by atoms with E-state index in [0.29, 0.717) is 24.4 Å². The van der Waals surface area contributed by atoms with Crippen LogP contribution >= 0.6 is 11.6 Å². The van der Waals surface area contributed by atoms with Crippen LogP contribution < -0.4 is 4.74 Å². The van der Waals surface area contributed by atoms with Crippen LogP contribution in [0.1, 0.15) is 17.2 Å². The number of likely N-dealkylation sites (N-methyl/N-ethyl adjacent to an activating group) is 1. The molecule has 2 heterocycles. The number of aromatic nitrogens is 1. The van der Waals surface area contributed by atoms with Crippen molar-refractivity contribution in [2.45, 2.75) is 6.04 Å². The lowest BCUT2D eigenvalue weighted by atomic mass is 9.96. The van der Waals surface area contributed by atoms with E-state index in [9.17, 15) is 14.7 Å². The van der Waals surface area contributed by atoms with Crippen LogP contribution in [0.25, 0.3) is 5.76 Å². The number of pyridine rings is 1. The fraction of sp³-hybridized carbons (Fsp3) is 0.286. The molecule has 1 aromatic carbocycles. The van der Waals surface area contributed by atoms with Crippen LogP contribution in [0.2, 0.25) is 5.02 Å². The Morgan fingerprint density at radius 3 is 2.69 bits per heavy atom. The van der Waals surface area contributed by atoms with E-state index in [0.717, 1.165) is 0 Å².